The zero-order valence-electron chi connectivity index (χ0n) is 18.7. The molecule has 0 N–H and O–H groups in total. The zero-order valence-corrected chi connectivity index (χ0v) is 19.5. The lowest BCUT2D eigenvalue weighted by atomic mass is 10.0. The van der Waals surface area contributed by atoms with Gasteiger partial charge in [-0.15, -0.1) is 5.10 Å². The number of benzene rings is 2. The van der Waals surface area contributed by atoms with Crippen LogP contribution >= 0.6 is 11.6 Å². The number of rotatable bonds is 7. The molecule has 1 fully saturated rings. The van der Waals surface area contributed by atoms with E-state index in [1.165, 1.54) is 12.1 Å². The normalized spacial score (nSPS) is 17.8. The number of hydrogen-bond acceptors (Lipinski definition) is 5. The first-order valence-electron chi connectivity index (χ1n) is 11.0. The Kier molecular flexibility index (Phi) is 6.88. The standard InChI is InChI=1S/C24H29ClFN5O/c1-24(2,3)31-23(27-28-29-31)22(18-8-12-20(26)13-9-18)30(16-21-5-4-14-32-21)15-17-6-10-19(25)11-7-17/h6-13,21-22H,4-5,14-16H2,1-3H3/t21-,22-/m0/s1. The monoisotopic (exact) mass is 457 g/mol. The molecule has 1 aliphatic heterocycles. The van der Waals surface area contributed by atoms with Gasteiger partial charge in [0.1, 0.15) is 5.82 Å². The molecule has 6 nitrogen and oxygen atoms in total. The minimum Gasteiger partial charge on any atom is -0.377 e. The second-order valence-electron chi connectivity index (χ2n) is 9.26. The Balaban J connectivity index is 1.78. The molecule has 2 atom stereocenters. The van der Waals surface area contributed by atoms with Gasteiger partial charge in [-0.25, -0.2) is 9.07 Å². The van der Waals surface area contributed by atoms with Crippen LogP contribution < -0.4 is 0 Å². The molecule has 0 unspecified atom stereocenters. The van der Waals surface area contributed by atoms with Crippen molar-refractivity contribution in [3.05, 3.63) is 76.3 Å². The van der Waals surface area contributed by atoms with Crippen LogP contribution in [-0.4, -0.2) is 44.4 Å². The predicted molar refractivity (Wildman–Crippen MR) is 122 cm³/mol. The molecule has 32 heavy (non-hydrogen) atoms. The van der Waals surface area contributed by atoms with Gasteiger partial charge < -0.3 is 4.74 Å². The molecule has 1 aromatic heterocycles. The Hall–Kier alpha value is -2.35. The molecule has 1 aliphatic rings. The molecule has 0 aliphatic carbocycles. The van der Waals surface area contributed by atoms with E-state index in [4.69, 9.17) is 16.3 Å². The average Bonchev–Trinajstić information content (AvgIpc) is 3.43. The van der Waals surface area contributed by atoms with Crippen LogP contribution in [0, 0.1) is 5.82 Å². The highest BCUT2D eigenvalue weighted by atomic mass is 35.5. The lowest BCUT2D eigenvalue weighted by molar-refractivity contribution is 0.0566. The van der Waals surface area contributed by atoms with Crippen LogP contribution in [0.25, 0.3) is 0 Å². The SMILES string of the molecule is CC(C)(C)n1nnnc1[C@H](c1ccc(F)cc1)N(Cc1ccc(Cl)cc1)C[C@@H]1CCCO1. The van der Waals surface area contributed by atoms with Gasteiger partial charge in [-0.2, -0.15) is 0 Å². The minimum absolute atomic E-state index is 0.129. The van der Waals surface area contributed by atoms with Crippen molar-refractivity contribution in [3.8, 4) is 0 Å². The molecule has 0 amide bonds. The summed E-state index contributed by atoms with van der Waals surface area (Å²) in [5.41, 5.74) is 1.74. The second-order valence-corrected chi connectivity index (χ2v) is 9.70. The van der Waals surface area contributed by atoms with Crippen LogP contribution in [0.15, 0.2) is 48.5 Å². The maximum atomic E-state index is 13.8. The molecule has 2 aromatic carbocycles. The highest BCUT2D eigenvalue weighted by Crippen LogP contribution is 2.32. The van der Waals surface area contributed by atoms with Crippen molar-refractivity contribution in [1.29, 1.82) is 0 Å². The van der Waals surface area contributed by atoms with Crippen LogP contribution in [0.4, 0.5) is 4.39 Å². The van der Waals surface area contributed by atoms with E-state index in [1.807, 2.05) is 41.1 Å². The number of hydrogen-bond donors (Lipinski definition) is 0. The van der Waals surface area contributed by atoms with Crippen LogP contribution in [0.2, 0.25) is 5.02 Å². The van der Waals surface area contributed by atoms with E-state index in [0.29, 0.717) is 18.1 Å². The third-order valence-electron chi connectivity index (χ3n) is 5.69. The van der Waals surface area contributed by atoms with Gasteiger partial charge in [-0.3, -0.25) is 4.90 Å². The van der Waals surface area contributed by atoms with E-state index in [-0.39, 0.29) is 23.5 Å². The summed E-state index contributed by atoms with van der Waals surface area (Å²) in [4.78, 5) is 2.32. The topological polar surface area (TPSA) is 56.1 Å². The van der Waals surface area contributed by atoms with E-state index < -0.39 is 0 Å². The summed E-state index contributed by atoms with van der Waals surface area (Å²) in [6.45, 7) is 8.34. The zero-order chi connectivity index (χ0) is 22.7. The van der Waals surface area contributed by atoms with E-state index in [0.717, 1.165) is 36.4 Å². The molecule has 8 heteroatoms. The van der Waals surface area contributed by atoms with Crippen LogP contribution in [0.1, 0.15) is 56.6 Å². The summed E-state index contributed by atoms with van der Waals surface area (Å²) in [5, 5.41) is 13.4. The summed E-state index contributed by atoms with van der Waals surface area (Å²) in [6.07, 6.45) is 2.20. The highest BCUT2D eigenvalue weighted by Gasteiger charge is 2.33. The van der Waals surface area contributed by atoms with Crippen molar-refractivity contribution in [2.24, 2.45) is 0 Å². The predicted octanol–water partition coefficient (Wildman–Crippen LogP) is 4.99. The summed E-state index contributed by atoms with van der Waals surface area (Å²) >= 11 is 6.11. The molecule has 170 valence electrons. The van der Waals surface area contributed by atoms with Gasteiger partial charge in [0.2, 0.25) is 0 Å². The number of halogens is 2. The summed E-state index contributed by atoms with van der Waals surface area (Å²) in [5.74, 6) is 0.447. The first-order chi connectivity index (χ1) is 15.3. The van der Waals surface area contributed by atoms with Crippen LogP contribution in [0.3, 0.4) is 0 Å². The molecule has 1 saturated heterocycles. The van der Waals surface area contributed by atoms with Gasteiger partial charge >= 0.3 is 0 Å². The third kappa shape index (κ3) is 5.34. The first kappa shape index (κ1) is 22.8. The second kappa shape index (κ2) is 9.65. The fourth-order valence-electron chi connectivity index (χ4n) is 4.15. The number of ether oxygens (including phenoxy) is 1. The fourth-order valence-corrected chi connectivity index (χ4v) is 4.27. The van der Waals surface area contributed by atoms with Crippen molar-refractivity contribution in [2.45, 2.75) is 57.8 Å². The number of nitrogens with zero attached hydrogens (tertiary/aromatic N) is 5. The minimum atomic E-state index is -0.313. The number of aromatic nitrogens is 4. The summed E-state index contributed by atoms with van der Waals surface area (Å²) < 4.78 is 21.6. The van der Waals surface area contributed by atoms with Crippen molar-refractivity contribution in [3.63, 3.8) is 0 Å². The molecule has 2 heterocycles. The molecular formula is C24H29ClFN5O. The molecule has 0 bridgehead atoms. The largest absolute Gasteiger partial charge is 0.377 e. The van der Waals surface area contributed by atoms with Gasteiger partial charge in [-0.05, 0) is 79.4 Å². The van der Waals surface area contributed by atoms with E-state index in [2.05, 4.69) is 41.2 Å². The molecular weight excluding hydrogens is 429 g/mol. The Morgan fingerprint density at radius 2 is 1.88 bits per heavy atom. The van der Waals surface area contributed by atoms with Gasteiger partial charge in [0.05, 0.1) is 17.7 Å². The molecule has 0 radical (unpaired) electrons. The van der Waals surface area contributed by atoms with E-state index in [1.54, 1.807) is 0 Å². The summed E-state index contributed by atoms with van der Waals surface area (Å²) in [7, 11) is 0. The Labute approximate surface area is 193 Å². The smallest absolute Gasteiger partial charge is 0.173 e. The highest BCUT2D eigenvalue weighted by molar-refractivity contribution is 6.30. The van der Waals surface area contributed by atoms with E-state index >= 15 is 0 Å². The van der Waals surface area contributed by atoms with Crippen molar-refractivity contribution >= 4 is 11.6 Å². The van der Waals surface area contributed by atoms with Crippen molar-refractivity contribution in [2.75, 3.05) is 13.2 Å². The lowest BCUT2D eigenvalue weighted by Gasteiger charge is -2.34. The van der Waals surface area contributed by atoms with Gasteiger partial charge in [-0.1, -0.05) is 35.9 Å². The lowest BCUT2D eigenvalue weighted by Crippen LogP contribution is -2.39. The maximum absolute atomic E-state index is 13.8. The number of tetrazole rings is 1. The average molecular weight is 458 g/mol. The van der Waals surface area contributed by atoms with Gasteiger partial charge in [0.15, 0.2) is 5.82 Å². The van der Waals surface area contributed by atoms with Crippen LogP contribution in [-0.2, 0) is 16.8 Å². The van der Waals surface area contributed by atoms with E-state index in [9.17, 15) is 4.39 Å². The van der Waals surface area contributed by atoms with Crippen LogP contribution in [0.5, 0.6) is 0 Å². The summed E-state index contributed by atoms with van der Waals surface area (Å²) in [6, 6.07) is 14.2. The first-order valence-corrected chi connectivity index (χ1v) is 11.3. The van der Waals surface area contributed by atoms with Gasteiger partial charge in [0, 0.05) is 24.7 Å². The Morgan fingerprint density at radius 3 is 2.50 bits per heavy atom. The third-order valence-corrected chi connectivity index (χ3v) is 5.94. The van der Waals surface area contributed by atoms with Crippen molar-refractivity contribution in [1.82, 2.24) is 25.1 Å². The Morgan fingerprint density at radius 1 is 1.16 bits per heavy atom. The quantitative estimate of drug-likeness (QED) is 0.500. The fraction of sp³-hybridized carbons (Fsp3) is 0.458. The molecule has 0 saturated carbocycles. The van der Waals surface area contributed by atoms with Crippen molar-refractivity contribution < 1.29 is 9.13 Å². The maximum Gasteiger partial charge on any atom is 0.173 e. The molecule has 4 rings (SSSR count). The van der Waals surface area contributed by atoms with Gasteiger partial charge in [0.25, 0.3) is 0 Å². The Bertz CT molecular complexity index is 1010. The molecule has 0 spiro atoms. The molecule has 3 aromatic rings.